The molecule has 0 aromatic carbocycles. The first kappa shape index (κ1) is 11.2. The Morgan fingerprint density at radius 2 is 2.28 bits per heavy atom. The molecule has 92 valence electrons. The lowest BCUT2D eigenvalue weighted by molar-refractivity contribution is 0.386. The Kier molecular flexibility index (Phi) is 2.71. The number of imidazole rings is 1. The van der Waals surface area contributed by atoms with Gasteiger partial charge in [0.15, 0.2) is 11.5 Å². The molecule has 0 aliphatic heterocycles. The van der Waals surface area contributed by atoms with Crippen LogP contribution in [0, 0.1) is 6.92 Å². The van der Waals surface area contributed by atoms with Gasteiger partial charge < -0.3 is 9.09 Å². The van der Waals surface area contributed by atoms with Gasteiger partial charge in [0.25, 0.3) is 0 Å². The number of nitrogens with zero attached hydrogens (tertiary/aromatic N) is 5. The van der Waals surface area contributed by atoms with E-state index in [1.54, 1.807) is 13.1 Å². The van der Waals surface area contributed by atoms with E-state index in [0.29, 0.717) is 24.1 Å². The molecule has 0 aliphatic carbocycles. The molecule has 0 saturated heterocycles. The molecule has 0 amide bonds. The lowest BCUT2D eigenvalue weighted by atomic mass is 10.4. The topological polar surface area (TPSA) is 69.6 Å². The van der Waals surface area contributed by atoms with Gasteiger partial charge in [-0.3, -0.25) is 0 Å². The van der Waals surface area contributed by atoms with Crippen LogP contribution in [0.2, 0.25) is 0 Å². The van der Waals surface area contributed by atoms with Crippen molar-refractivity contribution < 1.29 is 4.52 Å². The van der Waals surface area contributed by atoms with Crippen molar-refractivity contribution in [3.05, 3.63) is 35.9 Å². The molecule has 0 fully saturated rings. The second-order valence-electron chi connectivity index (χ2n) is 3.82. The monoisotopic (exact) mass is 263 g/mol. The summed E-state index contributed by atoms with van der Waals surface area (Å²) >= 11 is 5.90. The van der Waals surface area contributed by atoms with E-state index in [-0.39, 0.29) is 0 Å². The molecule has 3 rings (SSSR count). The average molecular weight is 264 g/mol. The van der Waals surface area contributed by atoms with Crippen molar-refractivity contribution in [3.63, 3.8) is 0 Å². The number of aromatic nitrogens is 5. The van der Waals surface area contributed by atoms with Gasteiger partial charge in [-0.15, -0.1) is 11.6 Å². The summed E-state index contributed by atoms with van der Waals surface area (Å²) in [6, 6.07) is 3.74. The maximum Gasteiger partial charge on any atom is 0.223 e. The zero-order chi connectivity index (χ0) is 12.5. The maximum atomic E-state index is 5.90. The van der Waals surface area contributed by atoms with Crippen molar-refractivity contribution in [1.29, 1.82) is 0 Å². The Balaban J connectivity index is 2.09. The number of pyridine rings is 1. The van der Waals surface area contributed by atoms with Gasteiger partial charge in [-0.25, -0.2) is 9.97 Å². The van der Waals surface area contributed by atoms with E-state index >= 15 is 0 Å². The highest BCUT2D eigenvalue weighted by Crippen LogP contribution is 2.16. The lowest BCUT2D eigenvalue weighted by Gasteiger charge is -2.02. The summed E-state index contributed by atoms with van der Waals surface area (Å²) in [6.07, 6.45) is 1.72. The first-order chi connectivity index (χ1) is 8.78. The molecule has 0 atom stereocenters. The molecule has 3 heterocycles. The molecule has 0 bridgehead atoms. The van der Waals surface area contributed by atoms with Crippen molar-refractivity contribution in [1.82, 2.24) is 24.7 Å². The smallest absolute Gasteiger partial charge is 0.223 e. The van der Waals surface area contributed by atoms with Gasteiger partial charge in [-0.1, -0.05) is 5.16 Å². The first-order valence-corrected chi connectivity index (χ1v) is 5.96. The van der Waals surface area contributed by atoms with Crippen LogP contribution in [0.25, 0.3) is 11.2 Å². The summed E-state index contributed by atoms with van der Waals surface area (Å²) in [6.45, 7) is 2.20. The van der Waals surface area contributed by atoms with Gasteiger partial charge in [-0.2, -0.15) is 4.98 Å². The predicted octanol–water partition coefficient (Wildman–Crippen LogP) is 1.91. The SMILES string of the molecule is Cc1nc(Cn2c(CCl)nc3cccnc32)no1. The zero-order valence-electron chi connectivity index (χ0n) is 9.67. The van der Waals surface area contributed by atoms with Crippen LogP contribution in [-0.4, -0.2) is 24.7 Å². The highest BCUT2D eigenvalue weighted by molar-refractivity contribution is 6.16. The molecule has 6 nitrogen and oxygen atoms in total. The molecule has 0 unspecified atom stereocenters. The van der Waals surface area contributed by atoms with Crippen LogP contribution >= 0.6 is 11.6 Å². The molecule has 18 heavy (non-hydrogen) atoms. The fourth-order valence-corrected chi connectivity index (χ4v) is 2.02. The number of fused-ring (bicyclic) bond motifs is 1. The quantitative estimate of drug-likeness (QED) is 0.675. The van der Waals surface area contributed by atoms with Crippen LogP contribution in [0.5, 0.6) is 0 Å². The molecule has 7 heteroatoms. The summed E-state index contributed by atoms with van der Waals surface area (Å²) in [5.74, 6) is 2.18. The van der Waals surface area contributed by atoms with Crippen LogP contribution in [0.4, 0.5) is 0 Å². The predicted molar refractivity (Wildman–Crippen MR) is 65.2 cm³/mol. The third kappa shape index (κ3) is 1.84. The second-order valence-corrected chi connectivity index (χ2v) is 4.09. The number of aryl methyl sites for hydroxylation is 1. The molecule has 0 aliphatic rings. The van der Waals surface area contributed by atoms with Gasteiger partial charge in [0.2, 0.25) is 5.89 Å². The van der Waals surface area contributed by atoms with E-state index in [1.165, 1.54) is 0 Å². The highest BCUT2D eigenvalue weighted by atomic mass is 35.5. The maximum absolute atomic E-state index is 5.90. The molecule has 0 radical (unpaired) electrons. The van der Waals surface area contributed by atoms with Crippen molar-refractivity contribution in [2.24, 2.45) is 0 Å². The van der Waals surface area contributed by atoms with Crippen molar-refractivity contribution >= 4 is 22.8 Å². The Labute approximate surface area is 108 Å². The van der Waals surface area contributed by atoms with Crippen molar-refractivity contribution in [2.75, 3.05) is 0 Å². The van der Waals surface area contributed by atoms with Gasteiger partial charge >= 0.3 is 0 Å². The number of hydrogen-bond donors (Lipinski definition) is 0. The molecule has 0 N–H and O–H groups in total. The molecule has 3 aromatic heterocycles. The number of hydrogen-bond acceptors (Lipinski definition) is 5. The van der Waals surface area contributed by atoms with Crippen molar-refractivity contribution in [3.8, 4) is 0 Å². The van der Waals surface area contributed by atoms with Crippen LogP contribution in [0.15, 0.2) is 22.9 Å². The number of alkyl halides is 1. The fourth-order valence-electron chi connectivity index (χ4n) is 1.82. The summed E-state index contributed by atoms with van der Waals surface area (Å²) < 4.78 is 6.85. The van der Waals surface area contributed by atoms with E-state index in [9.17, 15) is 0 Å². The van der Waals surface area contributed by atoms with E-state index in [4.69, 9.17) is 16.1 Å². The highest BCUT2D eigenvalue weighted by Gasteiger charge is 2.13. The average Bonchev–Trinajstić information content (AvgIpc) is 2.94. The minimum absolute atomic E-state index is 0.313. The van der Waals surface area contributed by atoms with Crippen LogP contribution in [0.3, 0.4) is 0 Å². The number of halogens is 1. The Hall–Kier alpha value is -1.95. The molecular formula is C11H10ClN5O. The van der Waals surface area contributed by atoms with Gasteiger partial charge in [0.05, 0.1) is 12.4 Å². The Bertz CT molecular complexity index is 690. The van der Waals surface area contributed by atoms with E-state index in [1.807, 2.05) is 16.7 Å². The summed E-state index contributed by atoms with van der Waals surface area (Å²) in [5.41, 5.74) is 1.59. The molecule has 0 spiro atoms. The second kappa shape index (κ2) is 4.38. The molecule has 0 saturated carbocycles. The summed E-state index contributed by atoms with van der Waals surface area (Å²) in [7, 11) is 0. The van der Waals surface area contributed by atoms with Gasteiger partial charge in [0, 0.05) is 13.1 Å². The van der Waals surface area contributed by atoms with Crippen LogP contribution in [0.1, 0.15) is 17.5 Å². The Morgan fingerprint density at radius 3 is 3.00 bits per heavy atom. The molecule has 3 aromatic rings. The standard InChI is InChI=1S/C11H10ClN5O/c1-7-14-9(16-18-7)6-17-10(5-12)15-8-3-2-4-13-11(8)17/h2-4H,5-6H2,1H3. The van der Waals surface area contributed by atoms with E-state index in [2.05, 4.69) is 20.1 Å². The van der Waals surface area contributed by atoms with Crippen molar-refractivity contribution in [2.45, 2.75) is 19.3 Å². The lowest BCUT2D eigenvalue weighted by Crippen LogP contribution is -2.06. The minimum atomic E-state index is 0.313. The van der Waals surface area contributed by atoms with E-state index in [0.717, 1.165) is 17.0 Å². The largest absolute Gasteiger partial charge is 0.340 e. The third-order valence-corrected chi connectivity index (χ3v) is 2.81. The normalized spacial score (nSPS) is 11.2. The minimum Gasteiger partial charge on any atom is -0.340 e. The zero-order valence-corrected chi connectivity index (χ0v) is 10.4. The van der Waals surface area contributed by atoms with Crippen LogP contribution < -0.4 is 0 Å². The van der Waals surface area contributed by atoms with E-state index < -0.39 is 0 Å². The van der Waals surface area contributed by atoms with Gasteiger partial charge in [-0.05, 0) is 12.1 Å². The number of rotatable bonds is 3. The summed E-state index contributed by atoms with van der Waals surface area (Å²) in [5, 5.41) is 3.87. The fraction of sp³-hybridized carbons (Fsp3) is 0.273. The van der Waals surface area contributed by atoms with Gasteiger partial charge in [0.1, 0.15) is 11.3 Å². The first-order valence-electron chi connectivity index (χ1n) is 5.43. The molecular weight excluding hydrogens is 254 g/mol. The Morgan fingerprint density at radius 1 is 1.39 bits per heavy atom. The van der Waals surface area contributed by atoms with Crippen LogP contribution in [-0.2, 0) is 12.4 Å². The third-order valence-electron chi connectivity index (χ3n) is 2.57. The summed E-state index contributed by atoms with van der Waals surface area (Å²) in [4.78, 5) is 12.9.